The van der Waals surface area contributed by atoms with Crippen molar-refractivity contribution in [3.8, 4) is 0 Å². The molecule has 0 saturated heterocycles. The van der Waals surface area contributed by atoms with Crippen LogP contribution in [-0.2, 0) is 0 Å². The smallest absolute Gasteiger partial charge is 0.356 e. The number of carboxylic acids is 1. The SMILES string of the molecule is CC(C)n1nc(C(=O)O)cc1N. The third kappa shape index (κ3) is 1.39. The first-order chi connectivity index (χ1) is 5.52. The van der Waals surface area contributed by atoms with E-state index in [2.05, 4.69) is 5.10 Å². The minimum Gasteiger partial charge on any atom is -0.476 e. The van der Waals surface area contributed by atoms with Gasteiger partial charge in [0.1, 0.15) is 5.82 Å². The summed E-state index contributed by atoms with van der Waals surface area (Å²) in [6, 6.07) is 1.43. The van der Waals surface area contributed by atoms with Crippen molar-refractivity contribution in [2.24, 2.45) is 0 Å². The lowest BCUT2D eigenvalue weighted by Crippen LogP contribution is -2.07. The summed E-state index contributed by atoms with van der Waals surface area (Å²) in [5.74, 6) is -0.677. The fourth-order valence-electron chi connectivity index (χ4n) is 0.927. The maximum absolute atomic E-state index is 10.5. The van der Waals surface area contributed by atoms with E-state index in [4.69, 9.17) is 10.8 Å². The molecular weight excluding hydrogens is 158 g/mol. The molecule has 0 bridgehead atoms. The number of carbonyl (C=O) groups is 1. The number of anilines is 1. The molecule has 0 radical (unpaired) electrons. The lowest BCUT2D eigenvalue weighted by Gasteiger charge is -2.05. The van der Waals surface area contributed by atoms with Crippen molar-refractivity contribution in [2.45, 2.75) is 19.9 Å². The molecule has 3 N–H and O–H groups in total. The molecule has 0 aliphatic rings. The highest BCUT2D eigenvalue weighted by atomic mass is 16.4. The van der Waals surface area contributed by atoms with Crippen LogP contribution in [0, 0.1) is 0 Å². The fraction of sp³-hybridized carbons (Fsp3) is 0.429. The number of hydrogen-bond acceptors (Lipinski definition) is 3. The van der Waals surface area contributed by atoms with Gasteiger partial charge in [-0.05, 0) is 13.8 Å². The molecule has 0 saturated carbocycles. The van der Waals surface area contributed by atoms with Crippen molar-refractivity contribution in [3.63, 3.8) is 0 Å². The maximum Gasteiger partial charge on any atom is 0.356 e. The van der Waals surface area contributed by atoms with Crippen LogP contribution in [0.3, 0.4) is 0 Å². The van der Waals surface area contributed by atoms with Gasteiger partial charge < -0.3 is 10.8 Å². The minimum absolute atomic E-state index is 0.0128. The van der Waals surface area contributed by atoms with Crippen molar-refractivity contribution >= 4 is 11.8 Å². The standard InChI is InChI=1S/C7H11N3O2/c1-4(2)10-6(8)3-5(9-10)7(11)12/h3-4H,8H2,1-2H3,(H,11,12). The molecule has 0 unspecified atom stereocenters. The average molecular weight is 169 g/mol. The largest absolute Gasteiger partial charge is 0.476 e. The van der Waals surface area contributed by atoms with Crippen LogP contribution in [0.2, 0.25) is 0 Å². The van der Waals surface area contributed by atoms with Crippen molar-refractivity contribution < 1.29 is 9.90 Å². The first-order valence-corrected chi connectivity index (χ1v) is 3.60. The number of aromatic nitrogens is 2. The molecule has 66 valence electrons. The Morgan fingerprint density at radius 2 is 2.33 bits per heavy atom. The van der Waals surface area contributed by atoms with Crippen LogP contribution in [0.1, 0.15) is 30.4 Å². The molecule has 0 aliphatic heterocycles. The molecule has 1 aromatic rings. The zero-order valence-electron chi connectivity index (χ0n) is 6.98. The number of nitrogen functional groups attached to an aromatic ring is 1. The Kier molecular flexibility index (Phi) is 2.03. The number of carboxylic acid groups (broad SMARTS) is 1. The minimum atomic E-state index is -1.05. The van der Waals surface area contributed by atoms with Gasteiger partial charge in [-0.15, -0.1) is 0 Å². The molecule has 0 aromatic carbocycles. The van der Waals surface area contributed by atoms with Crippen LogP contribution in [0.4, 0.5) is 5.82 Å². The van der Waals surface area contributed by atoms with Gasteiger partial charge in [-0.1, -0.05) is 0 Å². The summed E-state index contributed by atoms with van der Waals surface area (Å²) in [4.78, 5) is 10.5. The third-order valence-corrected chi connectivity index (χ3v) is 1.47. The van der Waals surface area contributed by atoms with E-state index in [-0.39, 0.29) is 11.7 Å². The fourth-order valence-corrected chi connectivity index (χ4v) is 0.927. The predicted octanol–water partition coefficient (Wildman–Crippen LogP) is 0.744. The summed E-state index contributed by atoms with van der Waals surface area (Å²) in [5.41, 5.74) is 5.50. The molecule has 0 atom stereocenters. The number of hydrogen-bond donors (Lipinski definition) is 2. The summed E-state index contributed by atoms with van der Waals surface area (Å²) in [6.07, 6.45) is 0. The molecule has 1 rings (SSSR count). The summed E-state index contributed by atoms with van der Waals surface area (Å²) in [6.45, 7) is 3.77. The molecule has 0 aliphatic carbocycles. The Bertz CT molecular complexity index is 304. The summed E-state index contributed by atoms with van der Waals surface area (Å²) >= 11 is 0. The molecular formula is C7H11N3O2. The molecule has 5 nitrogen and oxygen atoms in total. The van der Waals surface area contributed by atoms with E-state index in [0.717, 1.165) is 0 Å². The zero-order valence-corrected chi connectivity index (χ0v) is 6.98. The molecule has 1 heterocycles. The van der Waals surface area contributed by atoms with Crippen molar-refractivity contribution in [3.05, 3.63) is 11.8 Å². The third-order valence-electron chi connectivity index (χ3n) is 1.47. The summed E-state index contributed by atoms with van der Waals surface area (Å²) in [7, 11) is 0. The lowest BCUT2D eigenvalue weighted by atomic mass is 10.4. The summed E-state index contributed by atoms with van der Waals surface area (Å²) < 4.78 is 1.48. The van der Waals surface area contributed by atoms with E-state index in [9.17, 15) is 4.79 Å². The Morgan fingerprint density at radius 1 is 1.75 bits per heavy atom. The quantitative estimate of drug-likeness (QED) is 0.684. The molecule has 0 fully saturated rings. The van der Waals surface area contributed by atoms with Gasteiger partial charge in [0, 0.05) is 12.1 Å². The molecule has 12 heavy (non-hydrogen) atoms. The molecule has 5 heteroatoms. The van der Waals surface area contributed by atoms with Crippen LogP contribution in [0.5, 0.6) is 0 Å². The van der Waals surface area contributed by atoms with Crippen molar-refractivity contribution in [1.82, 2.24) is 9.78 Å². The lowest BCUT2D eigenvalue weighted by molar-refractivity contribution is 0.0689. The first kappa shape index (κ1) is 8.58. The van der Waals surface area contributed by atoms with Gasteiger partial charge >= 0.3 is 5.97 Å². The van der Waals surface area contributed by atoms with Gasteiger partial charge in [0.25, 0.3) is 0 Å². The van der Waals surface area contributed by atoms with Gasteiger partial charge in [0.2, 0.25) is 0 Å². The van der Waals surface area contributed by atoms with Crippen LogP contribution < -0.4 is 5.73 Å². The second-order valence-electron chi connectivity index (χ2n) is 2.80. The van der Waals surface area contributed by atoms with Gasteiger partial charge in [-0.2, -0.15) is 5.10 Å². The van der Waals surface area contributed by atoms with Crippen molar-refractivity contribution in [2.75, 3.05) is 5.73 Å². The van der Waals surface area contributed by atoms with E-state index in [1.165, 1.54) is 10.7 Å². The molecule has 0 spiro atoms. The highest BCUT2D eigenvalue weighted by Gasteiger charge is 2.12. The molecule has 0 amide bonds. The number of rotatable bonds is 2. The highest BCUT2D eigenvalue weighted by molar-refractivity contribution is 5.86. The van der Waals surface area contributed by atoms with Crippen LogP contribution in [-0.4, -0.2) is 20.9 Å². The van der Waals surface area contributed by atoms with Gasteiger partial charge in [0.05, 0.1) is 0 Å². The second-order valence-corrected chi connectivity index (χ2v) is 2.80. The number of nitrogens with zero attached hydrogens (tertiary/aromatic N) is 2. The van der Waals surface area contributed by atoms with E-state index in [1.807, 2.05) is 13.8 Å². The van der Waals surface area contributed by atoms with Crippen LogP contribution >= 0.6 is 0 Å². The average Bonchev–Trinajstić information content (AvgIpc) is 2.30. The Balaban J connectivity index is 3.09. The monoisotopic (exact) mass is 169 g/mol. The number of nitrogens with two attached hydrogens (primary N) is 1. The predicted molar refractivity (Wildman–Crippen MR) is 44.0 cm³/mol. The van der Waals surface area contributed by atoms with E-state index >= 15 is 0 Å². The zero-order chi connectivity index (χ0) is 9.30. The number of aromatic carboxylic acids is 1. The van der Waals surface area contributed by atoms with Crippen LogP contribution in [0.15, 0.2) is 6.07 Å². The second kappa shape index (κ2) is 2.84. The van der Waals surface area contributed by atoms with Gasteiger partial charge in [-0.3, -0.25) is 0 Å². The van der Waals surface area contributed by atoms with E-state index in [0.29, 0.717) is 5.82 Å². The van der Waals surface area contributed by atoms with Crippen LogP contribution in [0.25, 0.3) is 0 Å². The molecule has 1 aromatic heterocycles. The van der Waals surface area contributed by atoms with E-state index in [1.54, 1.807) is 0 Å². The Hall–Kier alpha value is -1.52. The Morgan fingerprint density at radius 3 is 2.58 bits per heavy atom. The first-order valence-electron chi connectivity index (χ1n) is 3.60. The maximum atomic E-state index is 10.5. The Labute approximate surface area is 69.8 Å². The van der Waals surface area contributed by atoms with E-state index < -0.39 is 5.97 Å². The van der Waals surface area contributed by atoms with Crippen molar-refractivity contribution in [1.29, 1.82) is 0 Å². The van der Waals surface area contributed by atoms with Gasteiger partial charge in [-0.25, -0.2) is 9.48 Å². The van der Waals surface area contributed by atoms with Gasteiger partial charge in [0.15, 0.2) is 5.69 Å². The topological polar surface area (TPSA) is 81.1 Å². The summed E-state index contributed by atoms with van der Waals surface area (Å²) in [5, 5.41) is 12.4. The highest BCUT2D eigenvalue weighted by Crippen LogP contribution is 2.12. The normalized spacial score (nSPS) is 10.6.